The average Bonchev–Trinajstić information content (AvgIpc) is 2.82. The summed E-state index contributed by atoms with van der Waals surface area (Å²) in [6.07, 6.45) is 3.93. The van der Waals surface area contributed by atoms with E-state index in [9.17, 15) is 18.3 Å². The zero-order valence-electron chi connectivity index (χ0n) is 13.8. The first-order valence-corrected chi connectivity index (χ1v) is 10.0. The van der Waals surface area contributed by atoms with E-state index in [-0.39, 0.29) is 40.6 Å². The van der Waals surface area contributed by atoms with Crippen LogP contribution in [0.2, 0.25) is 0 Å². The number of carbonyl (C=O) groups is 1. The summed E-state index contributed by atoms with van der Waals surface area (Å²) in [5.41, 5.74) is 2.01. The third-order valence-electron chi connectivity index (χ3n) is 6.94. The Morgan fingerprint density at radius 2 is 2.21 bits per heavy atom. The number of rotatable bonds is 2. The average molecular weight is 350 g/mol. The zero-order chi connectivity index (χ0) is 17.1. The van der Waals surface area contributed by atoms with Gasteiger partial charge in [0.1, 0.15) is 17.3 Å². The maximum absolute atomic E-state index is 13.4. The predicted molar refractivity (Wildman–Crippen MR) is 90.7 cm³/mol. The van der Waals surface area contributed by atoms with Gasteiger partial charge in [0.25, 0.3) is 0 Å². The van der Waals surface area contributed by atoms with Crippen molar-refractivity contribution in [1.29, 1.82) is 0 Å². The Hall–Kier alpha value is -1.07. The van der Waals surface area contributed by atoms with Gasteiger partial charge in [-0.2, -0.15) is 0 Å². The smallest absolute Gasteiger partial charge is 0.177 e. The molecule has 1 aromatic carbocycles. The van der Waals surface area contributed by atoms with Crippen LogP contribution in [0.4, 0.5) is 3.89 Å². The Morgan fingerprint density at radius 1 is 1.42 bits per heavy atom. The van der Waals surface area contributed by atoms with Crippen LogP contribution in [-0.4, -0.2) is 21.2 Å². The zero-order valence-corrected chi connectivity index (χ0v) is 14.7. The SMILES string of the molecule is C[C@]12CC[C@@H]3c4ccc(O)cc4C[C@@H](C[S+]([O-])F)[C@H]3[C@@H]1CCC2=O. The maximum atomic E-state index is 13.4. The number of phenolic OH excluding ortho intramolecular Hbond substituents is 1. The van der Waals surface area contributed by atoms with Gasteiger partial charge in [0, 0.05) is 21.6 Å². The Morgan fingerprint density at radius 3 is 2.96 bits per heavy atom. The van der Waals surface area contributed by atoms with Gasteiger partial charge < -0.3 is 9.66 Å². The molecular formula is C19H23FO3S. The van der Waals surface area contributed by atoms with Crippen molar-refractivity contribution < 1.29 is 18.3 Å². The summed E-state index contributed by atoms with van der Waals surface area (Å²) in [6, 6.07) is 5.48. The Balaban J connectivity index is 1.77. The lowest BCUT2D eigenvalue weighted by Gasteiger charge is -2.51. The fraction of sp³-hybridized carbons (Fsp3) is 0.632. The fourth-order valence-corrected chi connectivity index (χ4v) is 6.55. The van der Waals surface area contributed by atoms with Crippen LogP contribution < -0.4 is 0 Å². The van der Waals surface area contributed by atoms with E-state index in [1.54, 1.807) is 12.1 Å². The summed E-state index contributed by atoms with van der Waals surface area (Å²) < 4.78 is 24.7. The van der Waals surface area contributed by atoms with Crippen LogP contribution in [0.5, 0.6) is 5.75 Å². The van der Waals surface area contributed by atoms with Gasteiger partial charge in [-0.15, -0.1) is 0 Å². The van der Waals surface area contributed by atoms with Crippen LogP contribution in [-0.2, 0) is 22.8 Å². The quantitative estimate of drug-likeness (QED) is 0.828. The molecule has 3 nitrogen and oxygen atoms in total. The van der Waals surface area contributed by atoms with E-state index in [4.69, 9.17) is 0 Å². The number of Topliss-reactive ketones (excluding diaryl/α,β-unsaturated/α-hetero) is 1. The van der Waals surface area contributed by atoms with Crippen LogP contribution >= 0.6 is 0 Å². The molecule has 5 heteroatoms. The third-order valence-corrected chi connectivity index (χ3v) is 7.63. The molecule has 3 aliphatic rings. The molecule has 0 bridgehead atoms. The number of phenols is 1. The molecule has 4 rings (SSSR count). The van der Waals surface area contributed by atoms with E-state index in [0.717, 1.165) is 24.8 Å². The summed E-state index contributed by atoms with van der Waals surface area (Å²) >= 11 is -2.34. The number of ketones is 1. The van der Waals surface area contributed by atoms with Crippen LogP contribution in [0.15, 0.2) is 18.2 Å². The molecule has 1 N–H and O–H groups in total. The summed E-state index contributed by atoms with van der Waals surface area (Å²) in [4.78, 5) is 12.5. The second-order valence-corrected chi connectivity index (χ2v) is 8.93. The highest BCUT2D eigenvalue weighted by molar-refractivity contribution is 7.86. The first kappa shape index (κ1) is 16.4. The maximum Gasteiger partial charge on any atom is 0.177 e. The lowest BCUT2D eigenvalue weighted by Crippen LogP contribution is -2.47. The molecule has 6 atom stereocenters. The first-order valence-electron chi connectivity index (χ1n) is 8.80. The topological polar surface area (TPSA) is 60.4 Å². The molecule has 0 saturated heterocycles. The molecule has 2 saturated carbocycles. The fourth-order valence-electron chi connectivity index (χ4n) is 5.88. The minimum absolute atomic E-state index is 0.0225. The van der Waals surface area contributed by atoms with Crippen molar-refractivity contribution in [2.24, 2.45) is 23.2 Å². The minimum atomic E-state index is -2.34. The number of fused-ring (bicyclic) bond motifs is 5. The molecule has 130 valence electrons. The first-order chi connectivity index (χ1) is 11.4. The van der Waals surface area contributed by atoms with E-state index in [2.05, 4.69) is 6.92 Å². The van der Waals surface area contributed by atoms with Gasteiger partial charge in [-0.25, -0.2) is 0 Å². The normalized spacial score (nSPS) is 39.0. The van der Waals surface area contributed by atoms with E-state index >= 15 is 0 Å². The number of aromatic hydroxyl groups is 1. The van der Waals surface area contributed by atoms with Crippen LogP contribution in [0.25, 0.3) is 0 Å². The van der Waals surface area contributed by atoms with Gasteiger partial charge in [0.15, 0.2) is 11.6 Å². The minimum Gasteiger partial charge on any atom is -0.581 e. The Kier molecular flexibility index (Phi) is 3.92. The van der Waals surface area contributed by atoms with Crippen molar-refractivity contribution in [2.75, 3.05) is 5.75 Å². The Bertz CT molecular complexity index is 677. The van der Waals surface area contributed by atoms with Crippen molar-refractivity contribution in [3.8, 4) is 5.75 Å². The van der Waals surface area contributed by atoms with E-state index in [0.29, 0.717) is 18.6 Å². The summed E-state index contributed by atoms with van der Waals surface area (Å²) in [5, 5.41) is 9.80. The molecule has 2 fully saturated rings. The molecule has 0 heterocycles. The Labute approximate surface area is 145 Å². The second kappa shape index (κ2) is 5.73. The number of hydrogen-bond acceptors (Lipinski definition) is 3. The van der Waals surface area contributed by atoms with Gasteiger partial charge in [0.2, 0.25) is 0 Å². The molecule has 0 amide bonds. The van der Waals surface area contributed by atoms with Gasteiger partial charge in [-0.3, -0.25) is 4.79 Å². The number of hydrogen-bond donors (Lipinski definition) is 1. The summed E-state index contributed by atoms with van der Waals surface area (Å²) in [7, 11) is 0. The monoisotopic (exact) mass is 350 g/mol. The molecule has 0 aliphatic heterocycles. The highest BCUT2D eigenvalue weighted by Gasteiger charge is 2.57. The molecule has 0 spiro atoms. The lowest BCUT2D eigenvalue weighted by molar-refractivity contribution is -0.129. The number of carbonyl (C=O) groups excluding carboxylic acids is 1. The molecule has 0 radical (unpaired) electrons. The van der Waals surface area contributed by atoms with Gasteiger partial charge in [-0.05, 0) is 66.7 Å². The van der Waals surface area contributed by atoms with Crippen molar-refractivity contribution in [2.45, 2.75) is 44.9 Å². The standard InChI is InChI=1S/C19H23FO3S/c1-19-7-6-15-14-3-2-13(21)9-11(14)8-12(10-24(20)23)18(15)16(19)4-5-17(19)22/h2-3,9,12,15-16,18,21H,4-8,10H2,1H3/t12-,15+,16-,18+,19-,24?/m0/s1. The molecule has 0 aromatic heterocycles. The van der Waals surface area contributed by atoms with Crippen molar-refractivity contribution >= 4 is 17.3 Å². The van der Waals surface area contributed by atoms with Crippen LogP contribution in [0.3, 0.4) is 0 Å². The van der Waals surface area contributed by atoms with E-state index in [1.165, 1.54) is 5.56 Å². The predicted octanol–water partition coefficient (Wildman–Crippen LogP) is 3.68. The van der Waals surface area contributed by atoms with E-state index in [1.807, 2.05) is 6.07 Å². The summed E-state index contributed by atoms with van der Waals surface area (Å²) in [6.45, 7) is 2.08. The van der Waals surface area contributed by atoms with Crippen molar-refractivity contribution in [3.05, 3.63) is 29.3 Å². The van der Waals surface area contributed by atoms with Crippen molar-refractivity contribution in [1.82, 2.24) is 0 Å². The largest absolute Gasteiger partial charge is 0.581 e. The highest BCUT2D eigenvalue weighted by Crippen LogP contribution is 2.61. The highest BCUT2D eigenvalue weighted by atomic mass is 32.3. The van der Waals surface area contributed by atoms with Crippen molar-refractivity contribution in [3.63, 3.8) is 0 Å². The van der Waals surface area contributed by atoms with Crippen LogP contribution in [0, 0.1) is 23.2 Å². The van der Waals surface area contributed by atoms with Gasteiger partial charge >= 0.3 is 0 Å². The third kappa shape index (κ3) is 2.39. The van der Waals surface area contributed by atoms with Gasteiger partial charge in [-0.1, -0.05) is 13.0 Å². The summed E-state index contributed by atoms with van der Waals surface area (Å²) in [5.74, 6) is 1.35. The number of benzene rings is 1. The van der Waals surface area contributed by atoms with Crippen LogP contribution in [0.1, 0.15) is 49.7 Å². The molecule has 3 aliphatic carbocycles. The lowest BCUT2D eigenvalue weighted by atomic mass is 9.53. The number of halogens is 1. The molecule has 24 heavy (non-hydrogen) atoms. The second-order valence-electron chi connectivity index (χ2n) is 8.01. The molecule has 1 aromatic rings. The molecular weight excluding hydrogens is 327 g/mol. The van der Waals surface area contributed by atoms with E-state index < -0.39 is 11.6 Å². The molecule has 1 unspecified atom stereocenters. The van der Waals surface area contributed by atoms with Gasteiger partial charge in [0.05, 0.1) is 0 Å².